The second-order valence-electron chi connectivity index (χ2n) is 4.85. The molecule has 0 spiro atoms. The summed E-state index contributed by atoms with van der Waals surface area (Å²) in [4.78, 5) is 11.8. The molecule has 1 unspecified atom stereocenters. The Labute approximate surface area is 110 Å². The minimum atomic E-state index is 0.0124. The SMILES string of the molecule is CCC(NC(=O)C(C)C)c1ccc(OC)c(C)c1. The Hall–Kier alpha value is -1.51. The minimum absolute atomic E-state index is 0.0124. The normalized spacial score (nSPS) is 12.3. The Bertz CT molecular complexity index is 413. The first kappa shape index (κ1) is 14.6. The molecule has 0 radical (unpaired) electrons. The third kappa shape index (κ3) is 3.49. The molecule has 1 atom stereocenters. The Kier molecular flexibility index (Phi) is 5.20. The maximum Gasteiger partial charge on any atom is 0.223 e. The quantitative estimate of drug-likeness (QED) is 0.870. The van der Waals surface area contributed by atoms with Gasteiger partial charge in [0, 0.05) is 5.92 Å². The van der Waals surface area contributed by atoms with Gasteiger partial charge in [-0.15, -0.1) is 0 Å². The topological polar surface area (TPSA) is 38.3 Å². The molecule has 100 valence electrons. The molecule has 0 heterocycles. The monoisotopic (exact) mass is 249 g/mol. The van der Waals surface area contributed by atoms with Gasteiger partial charge in [-0.3, -0.25) is 4.79 Å². The highest BCUT2D eigenvalue weighted by molar-refractivity contribution is 5.78. The molecule has 3 nitrogen and oxygen atoms in total. The van der Waals surface area contributed by atoms with E-state index in [9.17, 15) is 4.79 Å². The van der Waals surface area contributed by atoms with Crippen LogP contribution in [0, 0.1) is 12.8 Å². The highest BCUT2D eigenvalue weighted by Crippen LogP contribution is 2.24. The van der Waals surface area contributed by atoms with E-state index < -0.39 is 0 Å². The summed E-state index contributed by atoms with van der Waals surface area (Å²) in [6.07, 6.45) is 0.879. The summed E-state index contributed by atoms with van der Waals surface area (Å²) < 4.78 is 5.25. The molecular weight excluding hydrogens is 226 g/mol. The molecule has 0 aromatic heterocycles. The summed E-state index contributed by atoms with van der Waals surface area (Å²) >= 11 is 0. The number of benzene rings is 1. The number of carbonyl (C=O) groups is 1. The number of ether oxygens (including phenoxy) is 1. The van der Waals surface area contributed by atoms with E-state index in [-0.39, 0.29) is 17.9 Å². The third-order valence-corrected chi connectivity index (χ3v) is 3.07. The highest BCUT2D eigenvalue weighted by atomic mass is 16.5. The maximum atomic E-state index is 11.8. The predicted molar refractivity (Wildman–Crippen MR) is 73.7 cm³/mol. The smallest absolute Gasteiger partial charge is 0.223 e. The number of methoxy groups -OCH3 is 1. The number of aryl methyl sites for hydroxylation is 1. The van der Waals surface area contributed by atoms with Crippen molar-refractivity contribution in [3.05, 3.63) is 29.3 Å². The number of hydrogen-bond donors (Lipinski definition) is 1. The molecule has 0 bridgehead atoms. The van der Waals surface area contributed by atoms with Crippen LogP contribution in [0.1, 0.15) is 44.4 Å². The van der Waals surface area contributed by atoms with Crippen LogP contribution in [0.15, 0.2) is 18.2 Å². The van der Waals surface area contributed by atoms with Crippen molar-refractivity contribution in [3.63, 3.8) is 0 Å². The molecule has 0 saturated carbocycles. The summed E-state index contributed by atoms with van der Waals surface area (Å²) in [6, 6.07) is 6.12. The summed E-state index contributed by atoms with van der Waals surface area (Å²) in [7, 11) is 1.67. The van der Waals surface area contributed by atoms with E-state index in [0.717, 1.165) is 23.3 Å². The van der Waals surface area contributed by atoms with Crippen molar-refractivity contribution >= 4 is 5.91 Å². The van der Waals surface area contributed by atoms with E-state index in [4.69, 9.17) is 4.74 Å². The zero-order valence-electron chi connectivity index (χ0n) is 11.9. The van der Waals surface area contributed by atoms with E-state index in [2.05, 4.69) is 18.3 Å². The lowest BCUT2D eigenvalue weighted by Gasteiger charge is -2.20. The minimum Gasteiger partial charge on any atom is -0.496 e. The maximum absolute atomic E-state index is 11.8. The zero-order valence-corrected chi connectivity index (χ0v) is 11.9. The predicted octanol–water partition coefficient (Wildman–Crippen LogP) is 3.23. The summed E-state index contributed by atoms with van der Waals surface area (Å²) in [5.74, 6) is 0.984. The van der Waals surface area contributed by atoms with E-state index in [1.807, 2.05) is 32.9 Å². The van der Waals surface area contributed by atoms with Crippen LogP contribution < -0.4 is 10.1 Å². The molecule has 0 fully saturated rings. The van der Waals surface area contributed by atoms with Crippen LogP contribution in [-0.2, 0) is 4.79 Å². The van der Waals surface area contributed by atoms with Crippen molar-refractivity contribution in [1.29, 1.82) is 0 Å². The molecule has 1 aromatic carbocycles. The van der Waals surface area contributed by atoms with Gasteiger partial charge in [0.25, 0.3) is 0 Å². The first-order chi connectivity index (χ1) is 8.49. The fourth-order valence-corrected chi connectivity index (χ4v) is 1.88. The Morgan fingerprint density at radius 3 is 2.50 bits per heavy atom. The van der Waals surface area contributed by atoms with Gasteiger partial charge in [0.15, 0.2) is 0 Å². The molecule has 1 amide bonds. The number of amides is 1. The number of rotatable bonds is 5. The largest absolute Gasteiger partial charge is 0.496 e. The van der Waals surface area contributed by atoms with Crippen LogP contribution in [0.3, 0.4) is 0 Å². The first-order valence-corrected chi connectivity index (χ1v) is 6.44. The van der Waals surface area contributed by atoms with Gasteiger partial charge in [-0.05, 0) is 30.5 Å². The Balaban J connectivity index is 2.88. The van der Waals surface area contributed by atoms with Gasteiger partial charge in [0.1, 0.15) is 5.75 Å². The van der Waals surface area contributed by atoms with Crippen LogP contribution in [0.5, 0.6) is 5.75 Å². The van der Waals surface area contributed by atoms with E-state index in [1.54, 1.807) is 7.11 Å². The Morgan fingerprint density at radius 2 is 2.06 bits per heavy atom. The fourth-order valence-electron chi connectivity index (χ4n) is 1.88. The Morgan fingerprint density at radius 1 is 1.39 bits per heavy atom. The van der Waals surface area contributed by atoms with Crippen molar-refractivity contribution in [1.82, 2.24) is 5.32 Å². The molecule has 1 N–H and O–H groups in total. The number of carbonyl (C=O) groups excluding carboxylic acids is 1. The molecule has 0 aliphatic carbocycles. The van der Waals surface area contributed by atoms with Gasteiger partial charge in [0.2, 0.25) is 5.91 Å². The molecule has 0 aliphatic heterocycles. The lowest BCUT2D eigenvalue weighted by atomic mass is 10.0. The summed E-state index contributed by atoms with van der Waals surface area (Å²) in [5, 5.41) is 3.07. The van der Waals surface area contributed by atoms with Crippen LogP contribution in [-0.4, -0.2) is 13.0 Å². The standard InChI is InChI=1S/C15H23NO2/c1-6-13(16-15(17)10(2)3)12-7-8-14(18-5)11(4)9-12/h7-10,13H,6H2,1-5H3,(H,16,17). The molecule has 0 aliphatic rings. The summed E-state index contributed by atoms with van der Waals surface area (Å²) in [5.41, 5.74) is 2.22. The van der Waals surface area contributed by atoms with Gasteiger partial charge in [-0.2, -0.15) is 0 Å². The second-order valence-corrected chi connectivity index (χ2v) is 4.85. The van der Waals surface area contributed by atoms with Gasteiger partial charge in [-0.1, -0.05) is 32.9 Å². The lowest BCUT2D eigenvalue weighted by Crippen LogP contribution is -2.31. The average molecular weight is 249 g/mol. The van der Waals surface area contributed by atoms with Crippen LogP contribution >= 0.6 is 0 Å². The fraction of sp³-hybridized carbons (Fsp3) is 0.533. The van der Waals surface area contributed by atoms with Gasteiger partial charge < -0.3 is 10.1 Å². The lowest BCUT2D eigenvalue weighted by molar-refractivity contribution is -0.124. The zero-order chi connectivity index (χ0) is 13.7. The van der Waals surface area contributed by atoms with Crippen LogP contribution in [0.2, 0.25) is 0 Å². The van der Waals surface area contributed by atoms with E-state index >= 15 is 0 Å². The molecule has 1 rings (SSSR count). The first-order valence-electron chi connectivity index (χ1n) is 6.44. The van der Waals surface area contributed by atoms with Crippen molar-refractivity contribution in [3.8, 4) is 5.75 Å². The van der Waals surface area contributed by atoms with E-state index in [1.165, 1.54) is 0 Å². The third-order valence-electron chi connectivity index (χ3n) is 3.07. The molecule has 18 heavy (non-hydrogen) atoms. The molecular formula is C15H23NO2. The summed E-state index contributed by atoms with van der Waals surface area (Å²) in [6.45, 7) is 7.90. The van der Waals surface area contributed by atoms with E-state index in [0.29, 0.717) is 0 Å². The van der Waals surface area contributed by atoms with Crippen LogP contribution in [0.4, 0.5) is 0 Å². The number of nitrogens with one attached hydrogen (secondary N) is 1. The highest BCUT2D eigenvalue weighted by Gasteiger charge is 2.15. The second kappa shape index (κ2) is 6.43. The number of hydrogen-bond acceptors (Lipinski definition) is 2. The van der Waals surface area contributed by atoms with Gasteiger partial charge in [-0.25, -0.2) is 0 Å². The average Bonchev–Trinajstić information content (AvgIpc) is 2.35. The van der Waals surface area contributed by atoms with Crippen molar-refractivity contribution in [2.45, 2.75) is 40.2 Å². The van der Waals surface area contributed by atoms with Gasteiger partial charge >= 0.3 is 0 Å². The molecule has 1 aromatic rings. The van der Waals surface area contributed by atoms with Crippen LogP contribution in [0.25, 0.3) is 0 Å². The molecule has 3 heteroatoms. The van der Waals surface area contributed by atoms with Crippen molar-refractivity contribution in [2.24, 2.45) is 5.92 Å². The van der Waals surface area contributed by atoms with Crippen molar-refractivity contribution in [2.75, 3.05) is 7.11 Å². The van der Waals surface area contributed by atoms with Crippen molar-refractivity contribution < 1.29 is 9.53 Å². The molecule has 0 saturated heterocycles. The van der Waals surface area contributed by atoms with Gasteiger partial charge in [0.05, 0.1) is 13.2 Å².